The number of H-pyrrole nitrogens is 1. The fraction of sp³-hybridized carbons (Fsp3) is 0.385. The van der Waals surface area contributed by atoms with Crippen molar-refractivity contribution in [2.45, 2.75) is 31.9 Å². The predicted molar refractivity (Wildman–Crippen MR) is 135 cm³/mol. The molecule has 3 atom stereocenters. The summed E-state index contributed by atoms with van der Waals surface area (Å²) in [6.45, 7) is 5.16. The van der Waals surface area contributed by atoms with E-state index in [1.807, 2.05) is 0 Å². The van der Waals surface area contributed by atoms with Crippen LogP contribution >= 0.6 is 0 Å². The smallest absolute Gasteiger partial charge is 0.341 e. The van der Waals surface area contributed by atoms with Crippen molar-refractivity contribution in [1.82, 2.24) is 19.9 Å². The zero-order valence-corrected chi connectivity index (χ0v) is 20.6. The van der Waals surface area contributed by atoms with Crippen LogP contribution in [0.2, 0.25) is 0 Å². The average Bonchev–Trinajstić information content (AvgIpc) is 3.46. The first kappa shape index (κ1) is 22.2. The molecule has 1 saturated carbocycles. The first-order valence-corrected chi connectivity index (χ1v) is 12.3. The molecule has 0 bridgehead atoms. The maximum absolute atomic E-state index is 14.6. The molecule has 3 aromatic heterocycles. The zero-order chi connectivity index (χ0) is 25.6. The van der Waals surface area contributed by atoms with Crippen molar-refractivity contribution in [2.75, 3.05) is 30.4 Å². The summed E-state index contributed by atoms with van der Waals surface area (Å²) in [5.74, 6) is 1.09. The molecule has 190 valence electrons. The number of aromatic amines is 1. The molecular weight excluding hydrogens is 477 g/mol. The Kier molecular flexibility index (Phi) is 4.51. The summed E-state index contributed by atoms with van der Waals surface area (Å²) < 4.78 is 26.0. The number of nitrogens with zero attached hydrogens (tertiary/aromatic N) is 4. The van der Waals surface area contributed by atoms with Gasteiger partial charge in [0.05, 0.1) is 34.0 Å². The van der Waals surface area contributed by atoms with E-state index in [-0.39, 0.29) is 17.9 Å². The number of aromatic nitrogens is 4. The molecular formula is C26H26FN7O3. The van der Waals surface area contributed by atoms with E-state index in [2.05, 4.69) is 25.2 Å². The van der Waals surface area contributed by atoms with Gasteiger partial charge >= 0.3 is 12.0 Å². The number of carbonyl (C=O) groups excluding carboxylic acids is 1. The van der Waals surface area contributed by atoms with Gasteiger partial charge < -0.3 is 30.4 Å². The highest BCUT2D eigenvalue weighted by molar-refractivity contribution is 6.14. The lowest BCUT2D eigenvalue weighted by Crippen LogP contribution is -2.46. The minimum Gasteiger partial charge on any atom is -0.449 e. The number of carbonyl (C=O) groups is 1. The third-order valence-electron chi connectivity index (χ3n) is 7.88. The second-order valence-corrected chi connectivity index (χ2v) is 10.6. The number of fused-ring (bicyclic) bond motifs is 5. The average molecular weight is 504 g/mol. The Hall–Kier alpha value is -3.99. The number of nitrogens with one attached hydrogen (secondary N) is 2. The molecule has 2 unspecified atom stereocenters. The maximum Gasteiger partial charge on any atom is 0.341 e. The first-order chi connectivity index (χ1) is 17.7. The molecule has 0 amide bonds. The van der Waals surface area contributed by atoms with Crippen LogP contribution in [0.3, 0.4) is 0 Å². The molecule has 7 rings (SSSR count). The number of benzene rings is 1. The van der Waals surface area contributed by atoms with Crippen LogP contribution in [0, 0.1) is 17.7 Å². The maximum atomic E-state index is 14.6. The highest BCUT2D eigenvalue weighted by atomic mass is 19.1. The molecule has 5 heterocycles. The Labute approximate surface area is 211 Å². The number of anilines is 2. The summed E-state index contributed by atoms with van der Waals surface area (Å²) in [5.41, 5.74) is 8.25. The minimum absolute atomic E-state index is 0.0939. The quantitative estimate of drug-likeness (QED) is 0.357. The highest BCUT2D eigenvalue weighted by Gasteiger charge is 2.46. The van der Waals surface area contributed by atoms with Gasteiger partial charge in [0, 0.05) is 31.6 Å². The minimum atomic E-state index is -0.797. The molecule has 2 fully saturated rings. The van der Waals surface area contributed by atoms with Gasteiger partial charge in [0.15, 0.2) is 0 Å². The monoisotopic (exact) mass is 503 g/mol. The summed E-state index contributed by atoms with van der Waals surface area (Å²) >= 11 is 0. The Morgan fingerprint density at radius 1 is 1.27 bits per heavy atom. The summed E-state index contributed by atoms with van der Waals surface area (Å²) in [5, 5.41) is 4.46. The van der Waals surface area contributed by atoms with Crippen molar-refractivity contribution in [3.05, 3.63) is 41.5 Å². The van der Waals surface area contributed by atoms with Gasteiger partial charge in [0.2, 0.25) is 0 Å². The van der Waals surface area contributed by atoms with E-state index in [0.717, 1.165) is 30.4 Å². The molecule has 37 heavy (non-hydrogen) atoms. The molecule has 1 aromatic carbocycles. The summed E-state index contributed by atoms with van der Waals surface area (Å²) in [6.07, 6.45) is 2.52. The van der Waals surface area contributed by atoms with Gasteiger partial charge in [-0.15, -0.1) is 0 Å². The van der Waals surface area contributed by atoms with Gasteiger partial charge in [-0.05, 0) is 50.3 Å². The fourth-order valence-corrected chi connectivity index (χ4v) is 6.01. The van der Waals surface area contributed by atoms with Crippen LogP contribution in [0.25, 0.3) is 21.9 Å². The van der Waals surface area contributed by atoms with E-state index in [9.17, 15) is 9.18 Å². The number of pyridine rings is 1. The molecule has 4 aromatic rings. The molecule has 11 heteroatoms. The molecule has 1 saturated heterocycles. The van der Waals surface area contributed by atoms with Gasteiger partial charge in [-0.25, -0.2) is 9.18 Å². The van der Waals surface area contributed by atoms with Gasteiger partial charge in [-0.2, -0.15) is 9.97 Å². The number of cyclic esters (lactones) is 1. The molecule has 0 radical (unpaired) electrons. The third-order valence-corrected chi connectivity index (χ3v) is 7.88. The molecule has 4 N–H and O–H groups in total. The summed E-state index contributed by atoms with van der Waals surface area (Å²) in [4.78, 5) is 31.7. The second kappa shape index (κ2) is 7.51. The molecule has 0 spiro atoms. The fourth-order valence-electron chi connectivity index (χ4n) is 6.01. The van der Waals surface area contributed by atoms with Crippen LogP contribution in [0.5, 0.6) is 11.8 Å². The second-order valence-electron chi connectivity index (χ2n) is 10.6. The molecule has 10 nitrogen and oxygen atoms in total. The molecule has 2 aliphatic heterocycles. The van der Waals surface area contributed by atoms with Gasteiger partial charge in [-0.3, -0.25) is 4.98 Å². The van der Waals surface area contributed by atoms with E-state index >= 15 is 0 Å². The third kappa shape index (κ3) is 3.26. The van der Waals surface area contributed by atoms with Crippen molar-refractivity contribution < 1.29 is 18.7 Å². The topological polar surface area (TPSA) is 131 Å². The van der Waals surface area contributed by atoms with Gasteiger partial charge in [0.1, 0.15) is 28.6 Å². The molecule has 1 aliphatic carbocycles. The summed E-state index contributed by atoms with van der Waals surface area (Å²) in [7, 11) is 1.74. The number of halogens is 1. The number of hydrogen-bond acceptors (Lipinski definition) is 9. The van der Waals surface area contributed by atoms with Gasteiger partial charge in [-0.1, -0.05) is 0 Å². The highest BCUT2D eigenvalue weighted by Crippen LogP contribution is 2.44. The lowest BCUT2D eigenvalue weighted by Gasteiger charge is -2.36. The number of rotatable bonds is 4. The number of hydrogen-bond donors (Lipinski definition) is 3. The van der Waals surface area contributed by atoms with Crippen LogP contribution in [0.1, 0.15) is 36.3 Å². The van der Waals surface area contributed by atoms with Crippen molar-refractivity contribution in [2.24, 2.45) is 17.6 Å². The van der Waals surface area contributed by atoms with Crippen LogP contribution in [-0.4, -0.2) is 52.1 Å². The molecule has 3 aliphatic rings. The Morgan fingerprint density at radius 3 is 2.86 bits per heavy atom. The standard InChI is InChI=1S/C26H26FN7O3/c1-26(2)21-15(24(35)37-26)7-13(8-30-21)36-25-32-22-19(14-5-12(27)6-18(29-3)20(14)31-22)23(33-25)34-9-11-4-17(28)16(11)10-34/h5-8,11,16-17,29H,4,9-10,28H2,1-3H3,(H,31,32,33)/t11?,16?,17-/m1/s1. The van der Waals surface area contributed by atoms with Crippen LogP contribution in [-0.2, 0) is 10.3 Å². The lowest BCUT2D eigenvalue weighted by molar-refractivity contribution is 0.00831. The van der Waals surface area contributed by atoms with E-state index in [4.69, 9.17) is 20.2 Å². The van der Waals surface area contributed by atoms with E-state index in [1.54, 1.807) is 27.0 Å². The van der Waals surface area contributed by atoms with Crippen LogP contribution < -0.4 is 20.7 Å². The van der Waals surface area contributed by atoms with Crippen molar-refractivity contribution in [3.8, 4) is 11.8 Å². The summed E-state index contributed by atoms with van der Waals surface area (Å²) in [6, 6.07) is 4.81. The predicted octanol–water partition coefficient (Wildman–Crippen LogP) is 3.67. The Balaban J connectivity index is 1.36. The van der Waals surface area contributed by atoms with Crippen LogP contribution in [0.4, 0.5) is 15.9 Å². The number of nitrogens with two attached hydrogens (primary N) is 1. The van der Waals surface area contributed by atoms with Crippen molar-refractivity contribution in [3.63, 3.8) is 0 Å². The van der Waals surface area contributed by atoms with Gasteiger partial charge in [0.25, 0.3) is 0 Å². The van der Waals surface area contributed by atoms with E-state index < -0.39 is 11.6 Å². The zero-order valence-electron chi connectivity index (χ0n) is 20.6. The normalized spacial score (nSPS) is 23.6. The lowest BCUT2D eigenvalue weighted by atomic mass is 9.72. The Bertz CT molecular complexity index is 1620. The van der Waals surface area contributed by atoms with Crippen molar-refractivity contribution in [1.29, 1.82) is 0 Å². The number of esters is 1. The van der Waals surface area contributed by atoms with E-state index in [0.29, 0.717) is 51.4 Å². The number of ether oxygens (including phenoxy) is 2. The van der Waals surface area contributed by atoms with Crippen LogP contribution in [0.15, 0.2) is 24.4 Å². The van der Waals surface area contributed by atoms with E-state index in [1.165, 1.54) is 18.3 Å². The Morgan fingerprint density at radius 2 is 2.11 bits per heavy atom. The first-order valence-electron chi connectivity index (χ1n) is 12.3. The van der Waals surface area contributed by atoms with Crippen molar-refractivity contribution >= 4 is 39.4 Å². The largest absolute Gasteiger partial charge is 0.449 e. The SMILES string of the molecule is CNc1cc(F)cc2c1[nH]c1nc(Oc3cnc4c(c3)C(=O)OC4(C)C)nc(N3CC4C[C@@H](N)C4C3)c12.